The lowest BCUT2D eigenvalue weighted by atomic mass is 10.2. The maximum atomic E-state index is 10.9. The van der Waals surface area contributed by atoms with E-state index in [1.54, 1.807) is 11.3 Å². The minimum absolute atomic E-state index is 0.0681. The van der Waals surface area contributed by atoms with Crippen molar-refractivity contribution in [2.75, 3.05) is 25.0 Å². The van der Waals surface area contributed by atoms with E-state index in [1.807, 2.05) is 25.4 Å². The van der Waals surface area contributed by atoms with Gasteiger partial charge in [0.05, 0.1) is 0 Å². The Labute approximate surface area is 153 Å². The first kappa shape index (κ1) is 19.5. The van der Waals surface area contributed by atoms with E-state index in [4.69, 9.17) is 0 Å². The van der Waals surface area contributed by atoms with Gasteiger partial charge in [-0.25, -0.2) is 4.98 Å². The predicted molar refractivity (Wildman–Crippen MR) is 103 cm³/mol. The Morgan fingerprint density at radius 2 is 2.24 bits per heavy atom. The maximum absolute atomic E-state index is 10.9. The van der Waals surface area contributed by atoms with Crippen LogP contribution in [0, 0.1) is 13.8 Å². The second-order valence-electron chi connectivity index (χ2n) is 6.31. The molecular weight excluding hydrogens is 334 g/mol. The Morgan fingerprint density at radius 1 is 1.44 bits per heavy atom. The molecule has 3 rings (SSSR count). The summed E-state index contributed by atoms with van der Waals surface area (Å²) in [4.78, 5) is 22.8. The highest BCUT2D eigenvalue weighted by molar-refractivity contribution is 7.15. The largest absolute Gasteiger partial charge is 0.314 e. The zero-order valence-corrected chi connectivity index (χ0v) is 16.2. The van der Waals surface area contributed by atoms with Crippen molar-refractivity contribution in [1.82, 2.24) is 20.2 Å². The van der Waals surface area contributed by atoms with E-state index >= 15 is 0 Å². The molecule has 136 valence electrons. The third-order valence-electron chi connectivity index (χ3n) is 3.89. The molecule has 1 amide bonds. The van der Waals surface area contributed by atoms with Gasteiger partial charge in [0.1, 0.15) is 0 Å². The summed E-state index contributed by atoms with van der Waals surface area (Å²) >= 11 is 1.55. The average Bonchev–Trinajstić information content (AvgIpc) is 2.96. The number of carbonyl (C=O) groups excluding carboxylic acids is 1. The summed E-state index contributed by atoms with van der Waals surface area (Å²) in [5, 5.41) is 6.77. The molecule has 2 N–H and O–H groups in total. The summed E-state index contributed by atoms with van der Waals surface area (Å²) in [5.41, 5.74) is 2.36. The number of nitrogens with one attached hydrogen (secondary N) is 2. The Kier molecular flexibility index (Phi) is 7.49. The summed E-state index contributed by atoms with van der Waals surface area (Å²) in [5.74, 6) is -0.0681. The number of carbonyl (C=O) groups is 1. The van der Waals surface area contributed by atoms with Crippen LogP contribution in [-0.2, 0) is 11.3 Å². The van der Waals surface area contributed by atoms with Gasteiger partial charge in [0.25, 0.3) is 0 Å². The van der Waals surface area contributed by atoms with Crippen molar-refractivity contribution in [2.24, 2.45) is 0 Å². The number of rotatable bonds is 3. The van der Waals surface area contributed by atoms with Crippen LogP contribution >= 0.6 is 11.3 Å². The quantitative estimate of drug-likeness (QED) is 0.879. The lowest BCUT2D eigenvalue weighted by Gasteiger charge is -2.33. The van der Waals surface area contributed by atoms with E-state index in [-0.39, 0.29) is 5.91 Å². The predicted octanol–water partition coefficient (Wildman–Crippen LogP) is 2.59. The van der Waals surface area contributed by atoms with Crippen LogP contribution in [0.25, 0.3) is 0 Å². The van der Waals surface area contributed by atoms with Gasteiger partial charge in [-0.05, 0) is 38.5 Å². The van der Waals surface area contributed by atoms with Crippen LogP contribution in [0.2, 0.25) is 0 Å². The van der Waals surface area contributed by atoms with Crippen LogP contribution in [0.4, 0.5) is 5.13 Å². The van der Waals surface area contributed by atoms with Crippen LogP contribution in [-0.4, -0.2) is 46.5 Å². The Morgan fingerprint density at radius 3 is 2.84 bits per heavy atom. The number of aromatic nitrogens is 2. The molecule has 1 aliphatic heterocycles. The lowest BCUT2D eigenvalue weighted by Crippen LogP contribution is -2.49. The topological polar surface area (TPSA) is 70.2 Å². The number of nitrogens with zero attached hydrogens (tertiary/aromatic N) is 3. The molecule has 7 heteroatoms. The molecule has 0 aromatic carbocycles. The summed E-state index contributed by atoms with van der Waals surface area (Å²) in [7, 11) is 0. The highest BCUT2D eigenvalue weighted by atomic mass is 32.1. The monoisotopic (exact) mass is 361 g/mol. The molecule has 0 aliphatic carbocycles. The van der Waals surface area contributed by atoms with E-state index in [9.17, 15) is 4.79 Å². The Bertz CT molecular complexity index is 670. The van der Waals surface area contributed by atoms with Crippen molar-refractivity contribution in [1.29, 1.82) is 0 Å². The van der Waals surface area contributed by atoms with Gasteiger partial charge in [-0.1, -0.05) is 0 Å². The number of amides is 1. The van der Waals surface area contributed by atoms with E-state index in [1.165, 1.54) is 17.4 Å². The third-order valence-corrected chi connectivity index (χ3v) is 4.78. The van der Waals surface area contributed by atoms with E-state index in [0.29, 0.717) is 11.2 Å². The van der Waals surface area contributed by atoms with Gasteiger partial charge in [0, 0.05) is 62.1 Å². The zero-order valence-electron chi connectivity index (χ0n) is 15.4. The maximum Gasteiger partial charge on any atom is 0.223 e. The Balaban J connectivity index is 0.000000236. The second kappa shape index (κ2) is 9.60. The standard InChI is InChI=1S/C11H18N4OS.C7H9N/c1-8-5-12-3-4-15(8)7-10-6-13-11(17-10)14-9(2)16;1-6-3-4-8-7(2)5-6/h6,8,12H,3-5,7H2,1-2H3,(H,13,14,16);3-5H,1-2H3. The molecule has 0 bridgehead atoms. The molecule has 0 saturated carbocycles. The fourth-order valence-electron chi connectivity index (χ4n) is 2.59. The third kappa shape index (κ3) is 6.89. The number of hydrogen-bond acceptors (Lipinski definition) is 6. The van der Waals surface area contributed by atoms with Crippen molar-refractivity contribution in [2.45, 2.75) is 40.3 Å². The fourth-order valence-corrected chi connectivity index (χ4v) is 3.48. The molecule has 1 aliphatic rings. The van der Waals surface area contributed by atoms with Gasteiger partial charge >= 0.3 is 0 Å². The normalized spacial score (nSPS) is 17.5. The summed E-state index contributed by atoms with van der Waals surface area (Å²) in [6, 6.07) is 4.60. The summed E-state index contributed by atoms with van der Waals surface area (Å²) < 4.78 is 0. The molecule has 25 heavy (non-hydrogen) atoms. The summed E-state index contributed by atoms with van der Waals surface area (Å²) in [6.45, 7) is 11.8. The first-order chi connectivity index (χ1) is 11.9. The molecule has 2 aromatic heterocycles. The van der Waals surface area contributed by atoms with Crippen LogP contribution < -0.4 is 10.6 Å². The zero-order chi connectivity index (χ0) is 18.2. The van der Waals surface area contributed by atoms with E-state index in [0.717, 1.165) is 31.9 Å². The number of thiazole rings is 1. The molecule has 1 fully saturated rings. The molecule has 1 atom stereocenters. The van der Waals surface area contributed by atoms with Crippen LogP contribution in [0.3, 0.4) is 0 Å². The Hall–Kier alpha value is -1.83. The number of anilines is 1. The lowest BCUT2D eigenvalue weighted by molar-refractivity contribution is -0.114. The average molecular weight is 362 g/mol. The minimum atomic E-state index is -0.0681. The first-order valence-electron chi connectivity index (χ1n) is 8.50. The minimum Gasteiger partial charge on any atom is -0.314 e. The van der Waals surface area contributed by atoms with Crippen molar-refractivity contribution in [3.05, 3.63) is 40.7 Å². The highest BCUT2D eigenvalue weighted by Crippen LogP contribution is 2.20. The van der Waals surface area contributed by atoms with Gasteiger partial charge < -0.3 is 10.6 Å². The number of piperazine rings is 1. The van der Waals surface area contributed by atoms with Gasteiger partial charge in [-0.2, -0.15) is 0 Å². The highest BCUT2D eigenvalue weighted by Gasteiger charge is 2.18. The molecule has 1 saturated heterocycles. The van der Waals surface area contributed by atoms with E-state index in [2.05, 4.69) is 45.4 Å². The molecule has 3 heterocycles. The van der Waals surface area contributed by atoms with Crippen LogP contribution in [0.5, 0.6) is 0 Å². The van der Waals surface area contributed by atoms with Gasteiger partial charge in [0.15, 0.2) is 5.13 Å². The number of hydrogen-bond donors (Lipinski definition) is 2. The molecule has 0 radical (unpaired) electrons. The van der Waals surface area contributed by atoms with E-state index < -0.39 is 0 Å². The number of aryl methyl sites for hydroxylation is 2. The van der Waals surface area contributed by atoms with Crippen LogP contribution in [0.15, 0.2) is 24.5 Å². The molecule has 0 spiro atoms. The van der Waals surface area contributed by atoms with Gasteiger partial charge in [-0.15, -0.1) is 11.3 Å². The first-order valence-corrected chi connectivity index (χ1v) is 9.32. The van der Waals surface area contributed by atoms with Crippen LogP contribution in [0.1, 0.15) is 30.0 Å². The number of pyridine rings is 1. The van der Waals surface area contributed by atoms with Crippen molar-refractivity contribution < 1.29 is 4.79 Å². The second-order valence-corrected chi connectivity index (χ2v) is 7.43. The van der Waals surface area contributed by atoms with Gasteiger partial charge in [-0.3, -0.25) is 14.7 Å². The van der Waals surface area contributed by atoms with Crippen molar-refractivity contribution >= 4 is 22.4 Å². The smallest absolute Gasteiger partial charge is 0.223 e. The molecule has 1 unspecified atom stereocenters. The SMILES string of the molecule is CC(=O)Nc1ncc(CN2CCNCC2C)s1.Cc1ccnc(C)c1. The molecule has 2 aromatic rings. The fraction of sp³-hybridized carbons (Fsp3) is 0.500. The van der Waals surface area contributed by atoms with Gasteiger partial charge in [0.2, 0.25) is 5.91 Å². The van der Waals surface area contributed by atoms with Crippen molar-refractivity contribution in [3.8, 4) is 0 Å². The summed E-state index contributed by atoms with van der Waals surface area (Å²) in [6.07, 6.45) is 3.68. The molecular formula is C18H27N5OS. The molecule has 6 nitrogen and oxygen atoms in total. The van der Waals surface area contributed by atoms with Crippen molar-refractivity contribution in [3.63, 3.8) is 0 Å².